The van der Waals surface area contributed by atoms with Crippen LogP contribution in [0.2, 0.25) is 0 Å². The van der Waals surface area contributed by atoms with Gasteiger partial charge in [-0.25, -0.2) is 0 Å². The van der Waals surface area contributed by atoms with Crippen LogP contribution in [-0.4, -0.2) is 13.2 Å². The Labute approximate surface area is 175 Å². The number of hydrogen-bond donors (Lipinski definition) is 0. The molecule has 0 N–H and O–H groups in total. The van der Waals surface area contributed by atoms with E-state index < -0.39 is 0 Å². The van der Waals surface area contributed by atoms with Crippen LogP contribution in [0.4, 0.5) is 0 Å². The van der Waals surface area contributed by atoms with Gasteiger partial charge in [-0.2, -0.15) is 21.0 Å². The summed E-state index contributed by atoms with van der Waals surface area (Å²) < 4.78 is 11.4. The van der Waals surface area contributed by atoms with Gasteiger partial charge in [0.2, 0.25) is 0 Å². The summed E-state index contributed by atoms with van der Waals surface area (Å²) in [6, 6.07) is 21.5. The number of nitriles is 4. The van der Waals surface area contributed by atoms with Crippen molar-refractivity contribution in [3.8, 4) is 35.8 Å². The van der Waals surface area contributed by atoms with Crippen molar-refractivity contribution in [1.29, 1.82) is 21.0 Å². The number of benzene rings is 2. The molecule has 30 heavy (non-hydrogen) atoms. The molecular weight excluding hydrogens is 376 g/mol. The van der Waals surface area contributed by atoms with Gasteiger partial charge in [0.25, 0.3) is 0 Å². The summed E-state index contributed by atoms with van der Waals surface area (Å²) in [6.45, 7) is 0.550. The first kappa shape index (κ1) is 21.5. The minimum atomic E-state index is -0.00124. The van der Waals surface area contributed by atoms with Gasteiger partial charge < -0.3 is 9.47 Å². The maximum Gasteiger partial charge on any atom is 0.130 e. The van der Waals surface area contributed by atoms with Crippen LogP contribution in [0.1, 0.15) is 11.1 Å². The van der Waals surface area contributed by atoms with Gasteiger partial charge in [0, 0.05) is 11.1 Å². The lowest BCUT2D eigenvalue weighted by molar-refractivity contribution is 0.349. The maximum absolute atomic E-state index is 8.90. The van der Waals surface area contributed by atoms with Crippen LogP contribution < -0.4 is 9.47 Å². The molecule has 0 aliphatic carbocycles. The summed E-state index contributed by atoms with van der Waals surface area (Å²) in [4.78, 5) is 0. The van der Waals surface area contributed by atoms with Gasteiger partial charge in [-0.3, -0.25) is 0 Å². The molecule has 0 fully saturated rings. The molecule has 144 valence electrons. The van der Waals surface area contributed by atoms with E-state index in [-0.39, 0.29) is 24.4 Å². The first-order valence-electron chi connectivity index (χ1n) is 8.84. The van der Waals surface area contributed by atoms with Crippen LogP contribution in [0.15, 0.2) is 71.8 Å². The third-order valence-electron chi connectivity index (χ3n) is 3.76. The van der Waals surface area contributed by atoms with Crippen LogP contribution in [0, 0.1) is 45.3 Å². The van der Waals surface area contributed by atoms with Gasteiger partial charge in [0.15, 0.2) is 0 Å². The molecule has 0 saturated carbocycles. The van der Waals surface area contributed by atoms with Crippen molar-refractivity contribution in [3.63, 3.8) is 0 Å². The van der Waals surface area contributed by atoms with Crippen LogP contribution in [0.5, 0.6) is 11.5 Å². The number of hydrogen-bond acceptors (Lipinski definition) is 6. The number of nitrogens with zero attached hydrogens (tertiary/aromatic N) is 4. The molecule has 0 saturated heterocycles. The molecule has 0 unspecified atom stereocenters. The molecule has 0 radical (unpaired) electrons. The average Bonchev–Trinajstić information content (AvgIpc) is 2.79. The maximum atomic E-state index is 8.90. The Kier molecular flexibility index (Phi) is 8.49. The second kappa shape index (κ2) is 11.8. The van der Waals surface area contributed by atoms with Crippen LogP contribution in [0.3, 0.4) is 0 Å². The second-order valence-electron chi connectivity index (χ2n) is 5.73. The quantitative estimate of drug-likeness (QED) is 0.480. The van der Waals surface area contributed by atoms with Gasteiger partial charge in [0.1, 0.15) is 60.1 Å². The van der Waals surface area contributed by atoms with E-state index in [2.05, 4.69) is 0 Å². The van der Waals surface area contributed by atoms with E-state index >= 15 is 0 Å². The minimum Gasteiger partial charge on any atom is -0.489 e. The average molecular weight is 392 g/mol. The van der Waals surface area contributed by atoms with Crippen LogP contribution in [0.25, 0.3) is 12.2 Å². The SMILES string of the molecule is N#CC(C#N)=Cc1ccccc1OC/C=C\COc1ccccc1C=C(C#N)C#N. The van der Waals surface area contributed by atoms with E-state index in [1.165, 1.54) is 12.2 Å². The lowest BCUT2D eigenvalue weighted by Gasteiger charge is -2.08. The van der Waals surface area contributed by atoms with Crippen LogP contribution in [-0.2, 0) is 0 Å². The first-order valence-corrected chi connectivity index (χ1v) is 8.84. The van der Waals surface area contributed by atoms with Gasteiger partial charge in [0.05, 0.1) is 0 Å². The fraction of sp³-hybridized carbons (Fsp3) is 0.0833. The molecule has 0 bridgehead atoms. The van der Waals surface area contributed by atoms with E-state index in [0.29, 0.717) is 22.6 Å². The van der Waals surface area contributed by atoms with Gasteiger partial charge >= 0.3 is 0 Å². The highest BCUT2D eigenvalue weighted by Gasteiger charge is 2.03. The molecule has 0 aliphatic rings. The third kappa shape index (κ3) is 6.43. The Morgan fingerprint density at radius 3 is 1.37 bits per heavy atom. The van der Waals surface area contributed by atoms with Gasteiger partial charge in [-0.05, 0) is 36.4 Å². The zero-order valence-electron chi connectivity index (χ0n) is 15.9. The third-order valence-corrected chi connectivity index (χ3v) is 3.76. The number of ether oxygens (including phenoxy) is 2. The zero-order valence-corrected chi connectivity index (χ0v) is 15.9. The van der Waals surface area contributed by atoms with Crippen molar-refractivity contribution in [3.05, 3.63) is 83.0 Å². The van der Waals surface area contributed by atoms with Crippen molar-refractivity contribution >= 4 is 12.2 Å². The van der Waals surface area contributed by atoms with E-state index in [4.69, 9.17) is 30.5 Å². The summed E-state index contributed by atoms with van der Waals surface area (Å²) in [6.07, 6.45) is 6.52. The number of rotatable bonds is 8. The fourth-order valence-electron chi connectivity index (χ4n) is 2.36. The zero-order chi connectivity index (χ0) is 21.6. The first-order chi connectivity index (χ1) is 14.7. The molecule has 0 aromatic heterocycles. The lowest BCUT2D eigenvalue weighted by Crippen LogP contribution is -1.99. The monoisotopic (exact) mass is 392 g/mol. The fourth-order valence-corrected chi connectivity index (χ4v) is 2.36. The Bertz CT molecular complexity index is 1030. The number of para-hydroxylation sites is 2. The number of allylic oxidation sites excluding steroid dienone is 2. The van der Waals surface area contributed by atoms with E-state index in [1.54, 1.807) is 60.7 Å². The normalized spacial score (nSPS) is 9.33. The van der Waals surface area contributed by atoms with E-state index in [9.17, 15) is 0 Å². The van der Waals surface area contributed by atoms with Crippen molar-refractivity contribution < 1.29 is 9.47 Å². The van der Waals surface area contributed by atoms with Crippen LogP contribution >= 0.6 is 0 Å². The summed E-state index contributed by atoms with van der Waals surface area (Å²) in [5.74, 6) is 1.11. The van der Waals surface area contributed by atoms with E-state index in [0.717, 1.165) is 0 Å². The van der Waals surface area contributed by atoms with Crippen molar-refractivity contribution in [2.75, 3.05) is 13.2 Å². The lowest BCUT2D eigenvalue weighted by atomic mass is 10.1. The smallest absolute Gasteiger partial charge is 0.130 e. The molecule has 0 amide bonds. The molecule has 2 aromatic carbocycles. The van der Waals surface area contributed by atoms with Gasteiger partial charge in [-0.1, -0.05) is 36.4 Å². The topological polar surface area (TPSA) is 114 Å². The highest BCUT2D eigenvalue weighted by molar-refractivity contribution is 5.67. The van der Waals surface area contributed by atoms with Crippen molar-refractivity contribution in [2.45, 2.75) is 0 Å². The Morgan fingerprint density at radius 1 is 0.633 bits per heavy atom. The molecule has 0 aliphatic heterocycles. The van der Waals surface area contributed by atoms with Crippen molar-refractivity contribution in [2.24, 2.45) is 0 Å². The summed E-state index contributed by atoms with van der Waals surface area (Å²) in [7, 11) is 0. The predicted molar refractivity (Wildman–Crippen MR) is 111 cm³/mol. The molecule has 0 heterocycles. The highest BCUT2D eigenvalue weighted by Crippen LogP contribution is 2.22. The predicted octanol–water partition coefficient (Wildman–Crippen LogP) is 4.56. The molecule has 2 aromatic rings. The standard InChI is InChI=1S/C24H16N4O2/c25-15-19(16-26)13-21-7-1-3-9-23(21)29-11-5-6-12-30-24-10-4-2-8-22(24)14-20(17-27)18-28/h1-10,13-14H,11-12H2/b6-5-. The molecular formula is C24H16N4O2. The van der Waals surface area contributed by atoms with Gasteiger partial charge in [-0.15, -0.1) is 0 Å². The summed E-state index contributed by atoms with van der Waals surface area (Å²) in [5.41, 5.74) is 1.29. The largest absolute Gasteiger partial charge is 0.489 e. The van der Waals surface area contributed by atoms with E-state index in [1.807, 2.05) is 24.3 Å². The Hall–Kier alpha value is -4.78. The Morgan fingerprint density at radius 2 is 1.00 bits per heavy atom. The second-order valence-corrected chi connectivity index (χ2v) is 5.73. The molecule has 6 heteroatoms. The molecule has 0 spiro atoms. The Balaban J connectivity index is 1.95. The summed E-state index contributed by atoms with van der Waals surface area (Å²) in [5, 5.41) is 35.6. The van der Waals surface area contributed by atoms with Crippen molar-refractivity contribution in [1.82, 2.24) is 0 Å². The molecule has 0 atom stereocenters. The minimum absolute atomic E-state index is 0.00124. The molecule has 2 rings (SSSR count). The highest BCUT2D eigenvalue weighted by atomic mass is 16.5. The molecule has 6 nitrogen and oxygen atoms in total. The summed E-state index contributed by atoms with van der Waals surface area (Å²) >= 11 is 0.